The summed E-state index contributed by atoms with van der Waals surface area (Å²) in [6, 6.07) is 18.0. The molecule has 1 aromatic heterocycles. The lowest BCUT2D eigenvalue weighted by molar-refractivity contribution is -0.124. The molecule has 2 N–H and O–H groups in total. The fourth-order valence-electron chi connectivity index (χ4n) is 3.06. The molecule has 2 atom stereocenters. The molecule has 6 heteroatoms. The van der Waals surface area contributed by atoms with Crippen molar-refractivity contribution in [1.82, 2.24) is 15.8 Å². The van der Waals surface area contributed by atoms with Gasteiger partial charge in [-0.05, 0) is 25.0 Å². The van der Waals surface area contributed by atoms with Crippen LogP contribution in [0.25, 0.3) is 11.3 Å². The van der Waals surface area contributed by atoms with Crippen molar-refractivity contribution in [3.63, 3.8) is 0 Å². The summed E-state index contributed by atoms with van der Waals surface area (Å²) < 4.78 is 5.36. The zero-order valence-electron chi connectivity index (χ0n) is 17.5. The number of nitrogens with zero attached hydrogens (tertiary/aromatic N) is 1. The summed E-state index contributed by atoms with van der Waals surface area (Å²) in [4.78, 5) is 25.3. The van der Waals surface area contributed by atoms with E-state index >= 15 is 0 Å². The Bertz CT molecular complexity index is 980. The summed E-state index contributed by atoms with van der Waals surface area (Å²) in [7, 11) is 0. The second-order valence-corrected chi connectivity index (χ2v) is 7.46. The van der Waals surface area contributed by atoms with Gasteiger partial charge in [0.1, 0.15) is 11.7 Å². The number of rotatable bonds is 8. The van der Waals surface area contributed by atoms with E-state index in [0.717, 1.165) is 17.7 Å². The number of aryl methyl sites for hydroxylation is 1. The summed E-state index contributed by atoms with van der Waals surface area (Å²) in [5, 5.41) is 9.80. The predicted octanol–water partition coefficient (Wildman–Crippen LogP) is 4.11. The van der Waals surface area contributed by atoms with E-state index in [1.54, 1.807) is 24.3 Å². The maximum absolute atomic E-state index is 12.8. The van der Waals surface area contributed by atoms with Crippen LogP contribution < -0.4 is 10.6 Å². The van der Waals surface area contributed by atoms with Gasteiger partial charge >= 0.3 is 0 Å². The molecule has 2 aromatic carbocycles. The highest BCUT2D eigenvalue weighted by atomic mass is 16.5. The average Bonchev–Trinajstić information content (AvgIpc) is 3.25. The molecule has 0 unspecified atom stereocenters. The number of benzene rings is 2. The van der Waals surface area contributed by atoms with Crippen LogP contribution in [0.4, 0.5) is 0 Å². The van der Waals surface area contributed by atoms with E-state index in [0.29, 0.717) is 11.3 Å². The molecule has 3 rings (SSSR count). The van der Waals surface area contributed by atoms with E-state index in [1.807, 2.05) is 57.2 Å². The largest absolute Gasteiger partial charge is 0.359 e. The van der Waals surface area contributed by atoms with Gasteiger partial charge in [0.05, 0.1) is 6.54 Å². The van der Waals surface area contributed by atoms with Crippen LogP contribution in [0.3, 0.4) is 0 Å². The first-order chi connectivity index (χ1) is 14.5. The van der Waals surface area contributed by atoms with E-state index in [4.69, 9.17) is 4.52 Å². The van der Waals surface area contributed by atoms with Gasteiger partial charge in [0, 0.05) is 17.2 Å². The Hall–Kier alpha value is -3.41. The second kappa shape index (κ2) is 9.87. The van der Waals surface area contributed by atoms with E-state index in [9.17, 15) is 9.59 Å². The Balaban J connectivity index is 1.63. The molecule has 0 saturated heterocycles. The van der Waals surface area contributed by atoms with Gasteiger partial charge < -0.3 is 15.2 Å². The molecule has 1 heterocycles. The minimum atomic E-state index is -0.637. The van der Waals surface area contributed by atoms with Crippen LogP contribution in [0.15, 0.2) is 65.2 Å². The van der Waals surface area contributed by atoms with Crippen molar-refractivity contribution >= 4 is 11.8 Å². The van der Waals surface area contributed by atoms with E-state index in [1.165, 1.54) is 5.56 Å². The van der Waals surface area contributed by atoms with Gasteiger partial charge in [0.2, 0.25) is 5.91 Å². The first-order valence-corrected chi connectivity index (χ1v) is 10.1. The fraction of sp³-hybridized carbons (Fsp3) is 0.292. The van der Waals surface area contributed by atoms with Crippen molar-refractivity contribution in [3.8, 4) is 11.3 Å². The Labute approximate surface area is 176 Å². The van der Waals surface area contributed by atoms with Crippen molar-refractivity contribution in [3.05, 3.63) is 77.6 Å². The number of hydrogen-bond acceptors (Lipinski definition) is 4. The summed E-state index contributed by atoms with van der Waals surface area (Å²) in [5.74, 6) is 0.0195. The molecule has 3 aromatic rings. The Morgan fingerprint density at radius 2 is 1.77 bits per heavy atom. The quantitative estimate of drug-likeness (QED) is 0.591. The lowest BCUT2D eigenvalue weighted by Crippen LogP contribution is -2.50. The molecular weight excluding hydrogens is 378 g/mol. The van der Waals surface area contributed by atoms with E-state index in [-0.39, 0.29) is 24.3 Å². The number of aromatic nitrogens is 1. The van der Waals surface area contributed by atoms with Gasteiger partial charge in [-0.1, -0.05) is 73.5 Å². The lowest BCUT2D eigenvalue weighted by atomic mass is 9.97. The lowest BCUT2D eigenvalue weighted by Gasteiger charge is -2.23. The first-order valence-electron chi connectivity index (χ1n) is 10.1. The average molecular weight is 405 g/mol. The number of nitrogens with one attached hydrogen (secondary N) is 2. The molecule has 0 saturated carbocycles. The second-order valence-electron chi connectivity index (χ2n) is 7.46. The molecule has 0 bridgehead atoms. The third-order valence-corrected chi connectivity index (χ3v) is 5.16. The van der Waals surface area contributed by atoms with Crippen LogP contribution in [0.2, 0.25) is 0 Å². The molecule has 0 aliphatic carbocycles. The highest BCUT2D eigenvalue weighted by Gasteiger charge is 2.26. The third kappa shape index (κ3) is 5.35. The van der Waals surface area contributed by atoms with Crippen molar-refractivity contribution in [2.24, 2.45) is 5.92 Å². The van der Waals surface area contributed by atoms with Crippen molar-refractivity contribution in [2.75, 3.05) is 0 Å². The normalized spacial score (nSPS) is 12.8. The zero-order chi connectivity index (χ0) is 21.5. The van der Waals surface area contributed by atoms with E-state index in [2.05, 4.69) is 15.8 Å². The molecule has 0 spiro atoms. The van der Waals surface area contributed by atoms with Crippen molar-refractivity contribution < 1.29 is 14.1 Å². The first kappa shape index (κ1) is 21.3. The Morgan fingerprint density at radius 1 is 1.07 bits per heavy atom. The fourth-order valence-corrected chi connectivity index (χ4v) is 3.06. The molecule has 30 heavy (non-hydrogen) atoms. The van der Waals surface area contributed by atoms with Gasteiger partial charge in [-0.2, -0.15) is 0 Å². The Morgan fingerprint density at radius 3 is 2.43 bits per heavy atom. The molecule has 0 aliphatic heterocycles. The van der Waals surface area contributed by atoms with Gasteiger partial charge in [-0.3, -0.25) is 9.59 Å². The summed E-state index contributed by atoms with van der Waals surface area (Å²) in [6.07, 6.45) is 0.757. The van der Waals surface area contributed by atoms with Crippen LogP contribution in [-0.2, 0) is 11.3 Å². The highest BCUT2D eigenvalue weighted by Crippen LogP contribution is 2.19. The highest BCUT2D eigenvalue weighted by molar-refractivity contribution is 5.97. The molecule has 0 radical (unpaired) electrons. The standard InChI is InChI=1S/C24H27N3O3/c1-4-17(3)22(26-23(28)19-8-6-5-7-9-19)24(29)25-15-20-14-21(27-30-20)18-12-10-16(2)11-13-18/h5-14,17,22H,4,15H2,1-3H3,(H,25,29)(H,26,28)/t17-,22-/m1/s1. The predicted molar refractivity (Wildman–Crippen MR) is 116 cm³/mol. The van der Waals surface area contributed by atoms with Gasteiger partial charge in [0.15, 0.2) is 5.76 Å². The van der Waals surface area contributed by atoms with Crippen molar-refractivity contribution in [1.29, 1.82) is 0 Å². The van der Waals surface area contributed by atoms with Gasteiger partial charge in [-0.25, -0.2) is 0 Å². The number of hydrogen-bond donors (Lipinski definition) is 2. The molecule has 0 fully saturated rings. The number of amides is 2. The van der Waals surface area contributed by atoms with Crippen LogP contribution in [0, 0.1) is 12.8 Å². The van der Waals surface area contributed by atoms with Gasteiger partial charge in [0.25, 0.3) is 5.91 Å². The molecule has 0 aliphatic rings. The van der Waals surface area contributed by atoms with Crippen LogP contribution in [-0.4, -0.2) is 23.0 Å². The minimum absolute atomic E-state index is 0.0180. The number of carbonyl (C=O) groups is 2. The number of carbonyl (C=O) groups excluding carboxylic acids is 2. The van der Waals surface area contributed by atoms with Crippen LogP contribution in [0.1, 0.15) is 41.9 Å². The van der Waals surface area contributed by atoms with Gasteiger partial charge in [-0.15, -0.1) is 0 Å². The van der Waals surface area contributed by atoms with E-state index < -0.39 is 6.04 Å². The molecule has 156 valence electrons. The minimum Gasteiger partial charge on any atom is -0.359 e. The topological polar surface area (TPSA) is 84.2 Å². The molecular formula is C24H27N3O3. The third-order valence-electron chi connectivity index (χ3n) is 5.16. The van der Waals surface area contributed by atoms with Crippen LogP contribution >= 0.6 is 0 Å². The molecule has 2 amide bonds. The Kier molecular flexibility index (Phi) is 7.01. The summed E-state index contributed by atoms with van der Waals surface area (Å²) >= 11 is 0. The molecule has 6 nitrogen and oxygen atoms in total. The maximum atomic E-state index is 12.8. The zero-order valence-corrected chi connectivity index (χ0v) is 17.5. The summed E-state index contributed by atoms with van der Waals surface area (Å²) in [5.41, 5.74) is 3.37. The summed E-state index contributed by atoms with van der Waals surface area (Å²) in [6.45, 7) is 6.16. The van der Waals surface area contributed by atoms with Crippen molar-refractivity contribution in [2.45, 2.75) is 39.8 Å². The monoisotopic (exact) mass is 405 g/mol. The van der Waals surface area contributed by atoms with Crippen LogP contribution in [0.5, 0.6) is 0 Å². The SMILES string of the molecule is CC[C@@H](C)[C@@H](NC(=O)c1ccccc1)C(=O)NCc1cc(-c2ccc(C)cc2)no1. The smallest absolute Gasteiger partial charge is 0.251 e. The maximum Gasteiger partial charge on any atom is 0.251 e.